The van der Waals surface area contributed by atoms with Gasteiger partial charge in [0, 0.05) is 19.8 Å². The van der Waals surface area contributed by atoms with Gasteiger partial charge in [-0.2, -0.15) is 0 Å². The zero-order chi connectivity index (χ0) is 12.0. The lowest BCUT2D eigenvalue weighted by molar-refractivity contribution is -0.0665. The van der Waals surface area contributed by atoms with E-state index < -0.39 is 0 Å². The van der Waals surface area contributed by atoms with Crippen LogP contribution in [0.2, 0.25) is 0 Å². The maximum Gasteiger partial charge on any atom is 0.0804 e. The van der Waals surface area contributed by atoms with Gasteiger partial charge in [-0.15, -0.1) is 0 Å². The second-order valence-corrected chi connectivity index (χ2v) is 5.57. The number of ether oxygens (including phenoxy) is 2. The summed E-state index contributed by atoms with van der Waals surface area (Å²) in [5.74, 6) is 0. The smallest absolute Gasteiger partial charge is 0.0804 e. The van der Waals surface area contributed by atoms with Crippen LogP contribution in [0, 0.1) is 0 Å². The van der Waals surface area contributed by atoms with Gasteiger partial charge in [0.2, 0.25) is 0 Å². The van der Waals surface area contributed by atoms with E-state index in [2.05, 4.69) is 0 Å². The largest absolute Gasteiger partial charge is 0.378 e. The molecule has 1 aliphatic carbocycles. The summed E-state index contributed by atoms with van der Waals surface area (Å²) in [6, 6.07) is 0. The molecule has 100 valence electrons. The molecule has 0 spiro atoms. The van der Waals surface area contributed by atoms with Crippen molar-refractivity contribution in [2.24, 2.45) is 5.73 Å². The van der Waals surface area contributed by atoms with Crippen LogP contribution in [0.1, 0.15) is 57.8 Å². The summed E-state index contributed by atoms with van der Waals surface area (Å²) in [6.07, 6.45) is 11.5. The van der Waals surface area contributed by atoms with Crippen molar-refractivity contribution in [3.05, 3.63) is 0 Å². The SMILES string of the molecule is NCC1(OCCCC2CCCO2)CCCCC1. The highest BCUT2D eigenvalue weighted by atomic mass is 16.5. The van der Waals surface area contributed by atoms with Crippen LogP contribution in [0.15, 0.2) is 0 Å². The van der Waals surface area contributed by atoms with Crippen LogP contribution in [0.4, 0.5) is 0 Å². The third-order valence-electron chi connectivity index (χ3n) is 4.24. The van der Waals surface area contributed by atoms with Gasteiger partial charge in [0.25, 0.3) is 0 Å². The molecule has 1 saturated carbocycles. The van der Waals surface area contributed by atoms with E-state index in [1.165, 1.54) is 32.1 Å². The van der Waals surface area contributed by atoms with Crippen LogP contribution in [0.5, 0.6) is 0 Å². The first-order valence-corrected chi connectivity index (χ1v) is 7.30. The van der Waals surface area contributed by atoms with Gasteiger partial charge in [0.1, 0.15) is 0 Å². The van der Waals surface area contributed by atoms with Crippen LogP contribution in [-0.2, 0) is 9.47 Å². The molecule has 17 heavy (non-hydrogen) atoms. The van der Waals surface area contributed by atoms with E-state index in [1.54, 1.807) is 0 Å². The Morgan fingerprint density at radius 2 is 2.00 bits per heavy atom. The zero-order valence-corrected chi connectivity index (χ0v) is 11.0. The van der Waals surface area contributed by atoms with Crippen molar-refractivity contribution in [3.63, 3.8) is 0 Å². The van der Waals surface area contributed by atoms with E-state index in [-0.39, 0.29) is 5.60 Å². The van der Waals surface area contributed by atoms with E-state index in [0.29, 0.717) is 12.6 Å². The molecule has 1 unspecified atom stereocenters. The molecule has 0 aromatic carbocycles. The minimum absolute atomic E-state index is 0.00871. The van der Waals surface area contributed by atoms with Crippen molar-refractivity contribution in [2.75, 3.05) is 19.8 Å². The Morgan fingerprint density at radius 1 is 1.18 bits per heavy atom. The van der Waals surface area contributed by atoms with Crippen LogP contribution >= 0.6 is 0 Å². The molecule has 1 saturated heterocycles. The third-order valence-corrected chi connectivity index (χ3v) is 4.24. The Morgan fingerprint density at radius 3 is 2.65 bits per heavy atom. The first-order chi connectivity index (χ1) is 8.35. The summed E-state index contributed by atoms with van der Waals surface area (Å²) in [6.45, 7) is 2.50. The third kappa shape index (κ3) is 3.94. The van der Waals surface area contributed by atoms with Crippen LogP contribution in [0.25, 0.3) is 0 Å². The number of hydrogen-bond donors (Lipinski definition) is 1. The normalized spacial score (nSPS) is 28.4. The molecule has 2 rings (SSSR count). The first kappa shape index (κ1) is 13.3. The quantitative estimate of drug-likeness (QED) is 0.727. The summed E-state index contributed by atoms with van der Waals surface area (Å²) in [5, 5.41) is 0. The van der Waals surface area contributed by atoms with Crippen molar-refractivity contribution < 1.29 is 9.47 Å². The highest BCUT2D eigenvalue weighted by Crippen LogP contribution is 2.31. The molecule has 0 bridgehead atoms. The molecule has 0 aromatic rings. The van der Waals surface area contributed by atoms with Crippen LogP contribution in [-0.4, -0.2) is 31.5 Å². The average Bonchev–Trinajstić information content (AvgIpc) is 2.89. The molecule has 0 radical (unpaired) electrons. The summed E-state index contributed by atoms with van der Waals surface area (Å²) in [4.78, 5) is 0. The van der Waals surface area contributed by atoms with Crippen LogP contribution < -0.4 is 5.73 Å². The zero-order valence-electron chi connectivity index (χ0n) is 11.0. The van der Waals surface area contributed by atoms with Gasteiger partial charge >= 0.3 is 0 Å². The van der Waals surface area contributed by atoms with Gasteiger partial charge in [-0.3, -0.25) is 0 Å². The predicted octanol–water partition coefficient (Wildman–Crippen LogP) is 2.62. The van der Waals surface area contributed by atoms with Gasteiger partial charge in [-0.25, -0.2) is 0 Å². The number of hydrogen-bond acceptors (Lipinski definition) is 3. The molecule has 2 fully saturated rings. The second-order valence-electron chi connectivity index (χ2n) is 5.57. The molecule has 1 heterocycles. The molecule has 0 amide bonds. The molecular weight excluding hydrogens is 214 g/mol. The lowest BCUT2D eigenvalue weighted by Crippen LogP contribution is -2.42. The van der Waals surface area contributed by atoms with Crippen molar-refractivity contribution in [3.8, 4) is 0 Å². The molecule has 3 nitrogen and oxygen atoms in total. The second kappa shape index (κ2) is 6.72. The average molecular weight is 241 g/mol. The van der Waals surface area contributed by atoms with Crippen molar-refractivity contribution in [1.29, 1.82) is 0 Å². The minimum Gasteiger partial charge on any atom is -0.378 e. The van der Waals surface area contributed by atoms with Gasteiger partial charge < -0.3 is 15.2 Å². The highest BCUT2D eigenvalue weighted by molar-refractivity contribution is 4.85. The molecule has 2 N–H and O–H groups in total. The van der Waals surface area contributed by atoms with E-state index in [9.17, 15) is 0 Å². The monoisotopic (exact) mass is 241 g/mol. The van der Waals surface area contributed by atoms with E-state index in [0.717, 1.165) is 38.9 Å². The molecule has 0 aromatic heterocycles. The predicted molar refractivity (Wildman–Crippen MR) is 69.0 cm³/mol. The summed E-state index contributed by atoms with van der Waals surface area (Å²) in [5.41, 5.74) is 5.90. The Labute approximate surface area is 105 Å². The van der Waals surface area contributed by atoms with Gasteiger partial charge in [-0.1, -0.05) is 19.3 Å². The molecule has 3 heteroatoms. The Kier molecular flexibility index (Phi) is 5.26. The Bertz CT molecular complexity index is 208. The molecule has 1 atom stereocenters. The number of rotatable bonds is 6. The fraction of sp³-hybridized carbons (Fsp3) is 1.00. The van der Waals surface area contributed by atoms with Crippen molar-refractivity contribution >= 4 is 0 Å². The topological polar surface area (TPSA) is 44.5 Å². The van der Waals surface area contributed by atoms with Crippen LogP contribution in [0.3, 0.4) is 0 Å². The lowest BCUT2D eigenvalue weighted by Gasteiger charge is -2.36. The van der Waals surface area contributed by atoms with E-state index >= 15 is 0 Å². The molecule has 2 aliphatic rings. The molecule has 1 aliphatic heterocycles. The standard InChI is InChI=1S/C14H27NO2/c15-12-14(8-2-1-3-9-14)17-11-5-7-13-6-4-10-16-13/h13H,1-12,15H2. The molecular formula is C14H27NO2. The lowest BCUT2D eigenvalue weighted by atomic mass is 9.84. The fourth-order valence-electron chi connectivity index (χ4n) is 3.08. The highest BCUT2D eigenvalue weighted by Gasteiger charge is 2.31. The maximum absolute atomic E-state index is 6.10. The van der Waals surface area contributed by atoms with Gasteiger partial charge in [0.15, 0.2) is 0 Å². The minimum atomic E-state index is 0.00871. The van der Waals surface area contributed by atoms with E-state index in [4.69, 9.17) is 15.2 Å². The maximum atomic E-state index is 6.10. The van der Waals surface area contributed by atoms with Crippen molar-refractivity contribution in [2.45, 2.75) is 69.5 Å². The Balaban J connectivity index is 1.61. The van der Waals surface area contributed by atoms with Gasteiger partial charge in [0.05, 0.1) is 11.7 Å². The summed E-state index contributed by atoms with van der Waals surface area (Å²) >= 11 is 0. The first-order valence-electron chi connectivity index (χ1n) is 7.30. The fourth-order valence-corrected chi connectivity index (χ4v) is 3.08. The summed E-state index contributed by atoms with van der Waals surface area (Å²) in [7, 11) is 0. The number of nitrogens with two attached hydrogens (primary N) is 1. The van der Waals surface area contributed by atoms with Crippen molar-refractivity contribution in [1.82, 2.24) is 0 Å². The Hall–Kier alpha value is -0.120. The summed E-state index contributed by atoms with van der Waals surface area (Å²) < 4.78 is 11.7. The van der Waals surface area contributed by atoms with E-state index in [1.807, 2.05) is 0 Å². The van der Waals surface area contributed by atoms with Gasteiger partial charge in [-0.05, 0) is 38.5 Å².